The van der Waals surface area contributed by atoms with Gasteiger partial charge >= 0.3 is 0 Å². The predicted molar refractivity (Wildman–Crippen MR) is 107 cm³/mol. The highest BCUT2D eigenvalue weighted by atomic mass is 32.1. The van der Waals surface area contributed by atoms with Gasteiger partial charge in [-0.3, -0.25) is 14.6 Å². The van der Waals surface area contributed by atoms with Crippen molar-refractivity contribution in [2.75, 3.05) is 6.54 Å². The fraction of sp³-hybridized carbons (Fsp3) is 0.190. The number of amides is 2. The van der Waals surface area contributed by atoms with Crippen molar-refractivity contribution in [3.63, 3.8) is 0 Å². The van der Waals surface area contributed by atoms with E-state index in [1.807, 2.05) is 60.0 Å². The zero-order chi connectivity index (χ0) is 18.9. The summed E-state index contributed by atoms with van der Waals surface area (Å²) in [6, 6.07) is 18.8. The van der Waals surface area contributed by atoms with Crippen molar-refractivity contribution in [1.29, 1.82) is 0 Å². The van der Waals surface area contributed by atoms with Crippen LogP contribution in [-0.4, -0.2) is 23.3 Å². The Kier molecular flexibility index (Phi) is 6.71. The normalized spacial score (nSPS) is 11.6. The number of pyridine rings is 1. The molecule has 3 aromatic rings. The molecule has 1 unspecified atom stereocenters. The summed E-state index contributed by atoms with van der Waals surface area (Å²) in [6.07, 6.45) is 2.63. The number of hydrogen-bond donors (Lipinski definition) is 2. The van der Waals surface area contributed by atoms with Gasteiger partial charge in [-0.05, 0) is 35.6 Å². The third-order valence-electron chi connectivity index (χ3n) is 4.03. The van der Waals surface area contributed by atoms with Crippen LogP contribution in [0, 0.1) is 0 Å². The van der Waals surface area contributed by atoms with Crippen LogP contribution in [0.3, 0.4) is 0 Å². The fourth-order valence-electron chi connectivity index (χ4n) is 2.70. The van der Waals surface area contributed by atoms with Crippen LogP contribution < -0.4 is 10.6 Å². The lowest BCUT2D eigenvalue weighted by Gasteiger charge is -2.19. The topological polar surface area (TPSA) is 71.1 Å². The third-order valence-corrected chi connectivity index (χ3v) is 4.90. The van der Waals surface area contributed by atoms with Crippen LogP contribution in [0.15, 0.2) is 72.2 Å². The lowest BCUT2D eigenvalue weighted by atomic mass is 10.0. The summed E-state index contributed by atoms with van der Waals surface area (Å²) in [5.74, 6) is -0.166. The van der Waals surface area contributed by atoms with Crippen LogP contribution in [-0.2, 0) is 4.79 Å². The summed E-state index contributed by atoms with van der Waals surface area (Å²) in [5.41, 5.74) is 1.78. The number of aromatic nitrogens is 1. The standard InChI is InChI=1S/C21H21N3O2S/c25-19(12-6-14-23-21(26)18-11-7-15-27-18)24-20(16-8-2-1-3-9-16)17-10-4-5-13-22-17/h1-5,7-11,13,15,20H,6,12,14H2,(H,23,26)(H,24,25). The molecule has 2 N–H and O–H groups in total. The Morgan fingerprint density at radius 3 is 2.52 bits per heavy atom. The minimum Gasteiger partial charge on any atom is -0.351 e. The highest BCUT2D eigenvalue weighted by Gasteiger charge is 2.17. The maximum absolute atomic E-state index is 12.4. The Labute approximate surface area is 162 Å². The molecule has 0 saturated carbocycles. The number of carbonyl (C=O) groups excluding carboxylic acids is 2. The van der Waals surface area contributed by atoms with Gasteiger partial charge in [-0.1, -0.05) is 42.5 Å². The third kappa shape index (κ3) is 5.49. The van der Waals surface area contributed by atoms with Crippen LogP contribution in [0.4, 0.5) is 0 Å². The van der Waals surface area contributed by atoms with Gasteiger partial charge in [-0.15, -0.1) is 11.3 Å². The number of benzene rings is 1. The molecular formula is C21H21N3O2S. The van der Waals surface area contributed by atoms with Crippen molar-refractivity contribution in [3.8, 4) is 0 Å². The second-order valence-electron chi connectivity index (χ2n) is 6.00. The molecule has 2 aromatic heterocycles. The molecule has 1 aromatic carbocycles. The van der Waals surface area contributed by atoms with Gasteiger partial charge in [0.05, 0.1) is 16.6 Å². The lowest BCUT2D eigenvalue weighted by molar-refractivity contribution is -0.121. The Morgan fingerprint density at radius 2 is 1.81 bits per heavy atom. The zero-order valence-corrected chi connectivity index (χ0v) is 15.6. The molecular weight excluding hydrogens is 358 g/mol. The summed E-state index contributed by atoms with van der Waals surface area (Å²) in [4.78, 5) is 29.4. The highest BCUT2D eigenvalue weighted by Crippen LogP contribution is 2.20. The van der Waals surface area contributed by atoms with Crippen LogP contribution in [0.2, 0.25) is 0 Å². The summed E-state index contributed by atoms with van der Waals surface area (Å²) < 4.78 is 0. The van der Waals surface area contributed by atoms with Crippen LogP contribution in [0.5, 0.6) is 0 Å². The van der Waals surface area contributed by atoms with E-state index in [-0.39, 0.29) is 17.9 Å². The van der Waals surface area contributed by atoms with Crippen LogP contribution >= 0.6 is 11.3 Å². The van der Waals surface area contributed by atoms with Gasteiger partial charge in [-0.2, -0.15) is 0 Å². The Balaban J connectivity index is 1.53. The van der Waals surface area contributed by atoms with Gasteiger partial charge in [0.2, 0.25) is 5.91 Å². The van der Waals surface area contributed by atoms with Gasteiger partial charge in [0.1, 0.15) is 0 Å². The molecule has 0 saturated heterocycles. The second kappa shape index (κ2) is 9.64. The van der Waals surface area contributed by atoms with Crippen LogP contribution in [0.1, 0.15) is 39.8 Å². The maximum atomic E-state index is 12.4. The number of hydrogen-bond acceptors (Lipinski definition) is 4. The van der Waals surface area contributed by atoms with Gasteiger partial charge in [0, 0.05) is 19.2 Å². The lowest BCUT2D eigenvalue weighted by Crippen LogP contribution is -2.31. The monoisotopic (exact) mass is 379 g/mol. The van der Waals surface area contributed by atoms with Crippen molar-refractivity contribution >= 4 is 23.2 Å². The number of nitrogens with one attached hydrogen (secondary N) is 2. The second-order valence-corrected chi connectivity index (χ2v) is 6.95. The van der Waals surface area contributed by atoms with Gasteiger partial charge in [0.15, 0.2) is 0 Å². The largest absolute Gasteiger partial charge is 0.351 e. The summed E-state index contributed by atoms with van der Waals surface area (Å²) in [5, 5.41) is 7.75. The maximum Gasteiger partial charge on any atom is 0.261 e. The average molecular weight is 379 g/mol. The SMILES string of the molecule is O=C(CCCNC(=O)c1cccs1)NC(c1ccccc1)c1ccccn1. The number of carbonyl (C=O) groups is 2. The van der Waals surface area contributed by atoms with Crippen LogP contribution in [0.25, 0.3) is 0 Å². The first-order valence-corrected chi connectivity index (χ1v) is 9.69. The predicted octanol–water partition coefficient (Wildman–Crippen LogP) is 3.56. The first-order chi connectivity index (χ1) is 13.2. The van der Waals surface area contributed by atoms with Crippen molar-refractivity contribution < 1.29 is 9.59 Å². The van der Waals surface area contributed by atoms with E-state index < -0.39 is 0 Å². The van der Waals surface area contributed by atoms with Crippen molar-refractivity contribution in [2.24, 2.45) is 0 Å². The molecule has 0 aliphatic heterocycles. The van der Waals surface area contributed by atoms with E-state index in [1.54, 1.807) is 12.3 Å². The molecule has 5 nitrogen and oxygen atoms in total. The summed E-state index contributed by atoms with van der Waals surface area (Å²) in [7, 11) is 0. The summed E-state index contributed by atoms with van der Waals surface area (Å²) >= 11 is 1.40. The molecule has 3 rings (SSSR count). The molecule has 0 aliphatic carbocycles. The van der Waals surface area contributed by atoms with E-state index in [2.05, 4.69) is 15.6 Å². The number of nitrogens with zero attached hydrogens (tertiary/aromatic N) is 1. The molecule has 1 atom stereocenters. The molecule has 2 amide bonds. The van der Waals surface area contributed by atoms with Gasteiger partial charge in [0.25, 0.3) is 5.91 Å². The smallest absolute Gasteiger partial charge is 0.261 e. The van der Waals surface area contributed by atoms with Crippen molar-refractivity contribution in [1.82, 2.24) is 15.6 Å². The number of rotatable bonds is 8. The number of thiophene rings is 1. The van der Waals surface area contributed by atoms with Gasteiger partial charge < -0.3 is 10.6 Å². The highest BCUT2D eigenvalue weighted by molar-refractivity contribution is 7.12. The summed E-state index contributed by atoms with van der Waals surface area (Å²) in [6.45, 7) is 0.462. The van der Waals surface area contributed by atoms with E-state index in [9.17, 15) is 9.59 Å². The fourth-order valence-corrected chi connectivity index (χ4v) is 3.34. The Bertz CT molecular complexity index is 812. The van der Waals surface area contributed by atoms with E-state index in [4.69, 9.17) is 0 Å². The van der Waals surface area contributed by atoms with Gasteiger partial charge in [-0.25, -0.2) is 0 Å². The Morgan fingerprint density at radius 1 is 1.00 bits per heavy atom. The first kappa shape index (κ1) is 18.8. The molecule has 6 heteroatoms. The molecule has 0 aliphatic rings. The van der Waals surface area contributed by atoms with E-state index in [0.29, 0.717) is 24.3 Å². The Hall–Kier alpha value is -2.99. The zero-order valence-electron chi connectivity index (χ0n) is 14.8. The van der Waals surface area contributed by atoms with Crippen molar-refractivity contribution in [2.45, 2.75) is 18.9 Å². The van der Waals surface area contributed by atoms with E-state index >= 15 is 0 Å². The molecule has 27 heavy (non-hydrogen) atoms. The average Bonchev–Trinajstić information content (AvgIpc) is 3.25. The van der Waals surface area contributed by atoms with E-state index in [1.165, 1.54) is 11.3 Å². The van der Waals surface area contributed by atoms with E-state index in [0.717, 1.165) is 11.3 Å². The first-order valence-electron chi connectivity index (χ1n) is 8.81. The molecule has 138 valence electrons. The molecule has 0 fully saturated rings. The molecule has 0 radical (unpaired) electrons. The van der Waals surface area contributed by atoms with Crippen molar-refractivity contribution in [3.05, 3.63) is 88.4 Å². The molecule has 0 spiro atoms. The molecule has 0 bridgehead atoms. The minimum absolute atomic E-state index is 0.0696. The quantitative estimate of drug-likeness (QED) is 0.588. The molecule has 2 heterocycles. The minimum atomic E-state index is -0.291.